The van der Waals surface area contributed by atoms with E-state index in [2.05, 4.69) is 16.0 Å². The highest BCUT2D eigenvalue weighted by Crippen LogP contribution is 2.49. The van der Waals surface area contributed by atoms with Crippen LogP contribution >= 0.6 is 23.4 Å². The quantitative estimate of drug-likeness (QED) is 0.0363. The number of amides is 8. The number of anilines is 2. The summed E-state index contributed by atoms with van der Waals surface area (Å²) in [4.78, 5) is 142. The molecule has 9 atom stereocenters. The molecule has 7 rings (SSSR count). The Morgan fingerprint density at radius 2 is 1.68 bits per heavy atom. The number of aliphatic hydroxyl groups is 1. The molecule has 92 heavy (non-hydrogen) atoms. The lowest BCUT2D eigenvalue weighted by atomic mass is 9.83. The molecule has 0 spiro atoms. The molecule has 0 radical (unpaired) electrons. The molecule has 29 heteroatoms. The van der Waals surface area contributed by atoms with Gasteiger partial charge in [-0.1, -0.05) is 85.1 Å². The van der Waals surface area contributed by atoms with Crippen molar-refractivity contribution in [1.82, 2.24) is 30.4 Å². The predicted octanol–water partition coefficient (Wildman–Crippen LogP) is 6.95. The van der Waals surface area contributed by atoms with Crippen LogP contribution in [0, 0.1) is 5.92 Å². The minimum Gasteiger partial charge on any atom is -0.495 e. The van der Waals surface area contributed by atoms with Gasteiger partial charge < -0.3 is 73.3 Å². The number of hydrogen-bond donors (Lipinski definition) is 4. The Labute approximate surface area is 543 Å². The van der Waals surface area contributed by atoms with Crippen LogP contribution in [0.4, 0.5) is 30.6 Å². The van der Waals surface area contributed by atoms with Gasteiger partial charge in [0.05, 0.1) is 37.1 Å². The Balaban J connectivity index is 0.925. The van der Waals surface area contributed by atoms with Gasteiger partial charge in [-0.05, 0) is 81.8 Å². The lowest BCUT2D eigenvalue weighted by Gasteiger charge is -2.42. The number of nitrogens with one attached hydrogen (secondary N) is 3. The molecule has 502 valence electrons. The van der Waals surface area contributed by atoms with Crippen LogP contribution in [0.3, 0.4) is 0 Å². The van der Waals surface area contributed by atoms with E-state index in [0.29, 0.717) is 28.5 Å². The molecular formula is C63H83ClN8O19S. The summed E-state index contributed by atoms with van der Waals surface area (Å²) in [6, 6.07) is 6.53. The van der Waals surface area contributed by atoms with Gasteiger partial charge in [0.1, 0.15) is 53.9 Å². The largest absolute Gasteiger partial charge is 0.495 e. The molecule has 0 aromatic heterocycles. The van der Waals surface area contributed by atoms with Crippen LogP contribution in [0.1, 0.15) is 103 Å². The molecule has 4 bridgehead atoms. The topological polar surface area (TPSA) is 320 Å². The van der Waals surface area contributed by atoms with Gasteiger partial charge >= 0.3 is 30.2 Å². The Morgan fingerprint density at radius 3 is 2.40 bits per heavy atom. The molecule has 4 N–H and O–H groups in total. The molecule has 4 aliphatic heterocycles. The Morgan fingerprint density at radius 1 is 0.957 bits per heavy atom. The molecule has 3 saturated heterocycles. The Bertz CT molecular complexity index is 3190. The van der Waals surface area contributed by atoms with E-state index >= 15 is 0 Å². The average Bonchev–Trinajstić information content (AvgIpc) is 1.57. The van der Waals surface area contributed by atoms with E-state index in [4.69, 9.17) is 49.6 Å². The Hall–Kier alpha value is -7.92. The van der Waals surface area contributed by atoms with Gasteiger partial charge in [0.25, 0.3) is 17.1 Å². The summed E-state index contributed by atoms with van der Waals surface area (Å²) in [6.07, 6.45) is 6.82. The first kappa shape index (κ1) is 71.5. The normalized spacial score (nSPS) is 25.7. The van der Waals surface area contributed by atoms with Crippen molar-refractivity contribution >= 4 is 93.8 Å². The highest BCUT2D eigenvalue weighted by Gasteiger charge is 2.64. The number of fused-ring (bicyclic) bond motifs is 5. The van der Waals surface area contributed by atoms with Crippen molar-refractivity contribution in [2.75, 3.05) is 78.0 Å². The van der Waals surface area contributed by atoms with Crippen LogP contribution in [0.25, 0.3) is 0 Å². The number of allylic oxidation sites excluding steroid dienone is 4. The smallest absolute Gasteiger partial charge is 0.413 e. The molecule has 2 aromatic rings. The van der Waals surface area contributed by atoms with Crippen molar-refractivity contribution in [2.45, 2.75) is 153 Å². The predicted molar refractivity (Wildman–Crippen MR) is 336 cm³/mol. The van der Waals surface area contributed by atoms with Crippen LogP contribution in [-0.2, 0) is 70.3 Å². The second-order valence-corrected chi connectivity index (χ2v) is 25.0. The van der Waals surface area contributed by atoms with E-state index in [1.54, 1.807) is 44.2 Å². The number of rotatable bonds is 19. The van der Waals surface area contributed by atoms with Crippen molar-refractivity contribution in [1.29, 1.82) is 0 Å². The number of imide groups is 1. The number of likely N-dealkylation sites (N-methyl/N-ethyl adjacent to an activating group) is 3. The Kier molecular flexibility index (Phi) is 24.9. The van der Waals surface area contributed by atoms with Crippen LogP contribution < -0.4 is 30.3 Å². The van der Waals surface area contributed by atoms with Gasteiger partial charge in [0, 0.05) is 85.7 Å². The summed E-state index contributed by atoms with van der Waals surface area (Å²) >= 11 is 7.68. The number of halogens is 1. The average molecular weight is 1320 g/mol. The number of thioether (sulfide) groups is 1. The molecule has 27 nitrogen and oxygen atoms in total. The molecular weight excluding hydrogens is 1240 g/mol. The zero-order valence-corrected chi connectivity index (χ0v) is 55.0. The van der Waals surface area contributed by atoms with Crippen molar-refractivity contribution in [2.24, 2.45) is 5.92 Å². The van der Waals surface area contributed by atoms with Crippen molar-refractivity contribution in [3.05, 3.63) is 82.4 Å². The van der Waals surface area contributed by atoms with E-state index in [-0.39, 0.29) is 73.6 Å². The number of carbonyl (C=O) groups is 10. The lowest BCUT2D eigenvalue weighted by molar-refractivity contribution is -0.196. The zero-order chi connectivity index (χ0) is 67.2. The van der Waals surface area contributed by atoms with Gasteiger partial charge in [0.15, 0.2) is 11.5 Å². The third-order valence-corrected chi connectivity index (χ3v) is 18.1. The van der Waals surface area contributed by atoms with Crippen molar-refractivity contribution in [3.8, 4) is 11.5 Å². The number of hydroxylamine groups is 2. The highest BCUT2D eigenvalue weighted by molar-refractivity contribution is 8.13. The minimum atomic E-state index is -1.91. The summed E-state index contributed by atoms with van der Waals surface area (Å²) in [5.74, 6) is -4.45. The first-order chi connectivity index (χ1) is 43.6. The van der Waals surface area contributed by atoms with Gasteiger partial charge in [-0.25, -0.2) is 24.0 Å². The number of nitrogens with zero attached hydrogens (tertiary/aromatic N) is 5. The molecule has 4 heterocycles. The maximum atomic E-state index is 14.4. The summed E-state index contributed by atoms with van der Waals surface area (Å²) in [5, 5.41) is 20.2. The summed E-state index contributed by atoms with van der Waals surface area (Å²) in [6.45, 7) is 6.06. The van der Waals surface area contributed by atoms with Gasteiger partial charge in [0.2, 0.25) is 11.8 Å². The number of ether oxygens (including phenoxy) is 7. The van der Waals surface area contributed by atoms with Crippen molar-refractivity contribution < 1.29 is 91.0 Å². The molecule has 5 aliphatic rings. The van der Waals surface area contributed by atoms with Crippen LogP contribution in [-0.4, -0.2) is 200 Å². The molecule has 2 aromatic carbocycles. The first-order valence-corrected chi connectivity index (χ1v) is 31.7. The van der Waals surface area contributed by atoms with E-state index in [1.165, 1.54) is 81.1 Å². The molecule has 3 fully saturated rings. The zero-order valence-electron chi connectivity index (χ0n) is 53.4. The van der Waals surface area contributed by atoms with E-state index in [0.717, 1.165) is 55.0 Å². The minimum absolute atomic E-state index is 0.0178. The number of carbonyl (C=O) groups excluding carboxylic acids is 10. The fourth-order valence-corrected chi connectivity index (χ4v) is 12.0. The molecule has 0 saturated carbocycles. The summed E-state index contributed by atoms with van der Waals surface area (Å²) in [5.41, 5.74) is -0.761. The maximum absolute atomic E-state index is 14.4. The SMILES string of the molecule is COc1cc2cc(c1Cl)N(C)C(=O)C[C@H](OC(=O)[C@H](C)N(C)C(=O)CCSC(=O)N(C)CCN(C)C(=O)OCc1ccc(OC(=O)NC3/C=C/CCCCC3)c(NCC(=O)ON3C(=O)CCC3=O)c1)[C@]1(C)OC1[C@H](C)[C@@H]1C[C@@](O)(NC(=O)O1)[C@H](OC)/C=C/C=C(\C)C2. The second kappa shape index (κ2) is 32.1. The number of alkyl carbamates (subject to hydrolysis) is 1. The monoisotopic (exact) mass is 1320 g/mol. The number of hydrogen-bond acceptors (Lipinski definition) is 21. The number of esters is 1. The van der Waals surface area contributed by atoms with E-state index in [1.807, 2.05) is 25.2 Å². The van der Waals surface area contributed by atoms with E-state index in [9.17, 15) is 53.1 Å². The van der Waals surface area contributed by atoms with Crippen molar-refractivity contribution in [3.63, 3.8) is 0 Å². The van der Waals surface area contributed by atoms with Gasteiger partial charge in [-0.2, -0.15) is 0 Å². The lowest BCUT2D eigenvalue weighted by Crippen LogP contribution is -2.63. The number of epoxide rings is 1. The fourth-order valence-electron chi connectivity index (χ4n) is 10.9. The number of benzene rings is 2. The summed E-state index contributed by atoms with van der Waals surface area (Å²) < 4.78 is 40.7. The van der Waals surface area contributed by atoms with Crippen LogP contribution in [0.5, 0.6) is 11.5 Å². The standard InChI is InChI=1S/C63H83ClN8O19S/c1-37-17-16-20-48(85-10)63(83)34-47(88-59(80)67-63)38(2)56-62(4,90-56)49(33-53(76)71(8)44-31-41(29-37)32-46(84-9)55(44)64)89-57(78)39(3)70(7)50(73)25-28-92-61(82)69(6)27-26-68(5)60(81)86-36-40-21-22-45(87-58(79)66-42-18-14-12-11-13-15-19-42)43(30-40)65-35-54(77)91-72-51(74)23-24-52(72)75/h14,16-18,20-22,30-32,38-39,42,47-49,56,65,83H,11-13,15,19,23-29,33-36H2,1-10H3,(H,66,79)(H,67,80)/b18-14+,20-16+,37-17+/t38-,39+,42?,47+,48-,49+,56?,62+,63+/m1/s1. The van der Waals surface area contributed by atoms with Gasteiger partial charge in [-0.15, -0.1) is 5.06 Å². The highest BCUT2D eigenvalue weighted by atomic mass is 35.5. The summed E-state index contributed by atoms with van der Waals surface area (Å²) in [7, 11) is 8.78. The number of methoxy groups -OCH3 is 2. The first-order valence-electron chi connectivity index (χ1n) is 30.3. The molecule has 1 aliphatic carbocycles. The maximum Gasteiger partial charge on any atom is 0.413 e. The van der Waals surface area contributed by atoms with Gasteiger partial charge in [-0.3, -0.25) is 29.3 Å². The molecule has 2 unspecified atom stereocenters. The second-order valence-electron chi connectivity index (χ2n) is 23.6. The van der Waals surface area contributed by atoms with Crippen LogP contribution in [0.15, 0.2) is 66.3 Å². The molecule has 8 amide bonds. The van der Waals surface area contributed by atoms with E-state index < -0.39 is 120 Å². The fraction of sp³-hybridized carbons (Fsp3) is 0.556. The van der Waals surface area contributed by atoms with Crippen LogP contribution in [0.2, 0.25) is 5.02 Å². The third-order valence-electron chi connectivity index (χ3n) is 16.7. The third kappa shape index (κ3) is 18.7.